The fraction of sp³-hybridized carbons (Fsp3) is 0.250. The van der Waals surface area contributed by atoms with Gasteiger partial charge in [-0.3, -0.25) is 14.5 Å². The van der Waals surface area contributed by atoms with Gasteiger partial charge in [-0.25, -0.2) is 13.6 Å². The first-order valence-electron chi connectivity index (χ1n) is 8.56. The molecule has 1 aliphatic rings. The number of ketones is 1. The summed E-state index contributed by atoms with van der Waals surface area (Å²) in [5.74, 6) is -2.30. The summed E-state index contributed by atoms with van der Waals surface area (Å²) in [6.45, 7) is 0.679. The van der Waals surface area contributed by atoms with Crippen LogP contribution >= 0.6 is 0 Å². The molecule has 1 N–H and O–H groups in total. The predicted molar refractivity (Wildman–Crippen MR) is 97.8 cm³/mol. The van der Waals surface area contributed by atoms with E-state index in [0.717, 1.165) is 18.2 Å². The summed E-state index contributed by atoms with van der Waals surface area (Å²) in [6, 6.07) is 6.14. The topological polar surface area (TPSA) is 84.9 Å². The molecule has 1 saturated heterocycles. The van der Waals surface area contributed by atoms with E-state index in [1.807, 2.05) is 0 Å². The summed E-state index contributed by atoms with van der Waals surface area (Å²) in [4.78, 5) is 38.5. The third-order valence-electron chi connectivity index (χ3n) is 4.75. The molecule has 3 rings (SSSR count). The van der Waals surface area contributed by atoms with Gasteiger partial charge in [0.15, 0.2) is 17.3 Å². The zero-order valence-electron chi connectivity index (χ0n) is 15.9. The Morgan fingerprint density at radius 2 is 1.76 bits per heavy atom. The van der Waals surface area contributed by atoms with Crippen LogP contribution in [-0.2, 0) is 10.3 Å². The van der Waals surface area contributed by atoms with Gasteiger partial charge < -0.3 is 14.8 Å². The number of hydrogen-bond donors (Lipinski definition) is 1. The van der Waals surface area contributed by atoms with Gasteiger partial charge in [0.2, 0.25) is 0 Å². The summed E-state index contributed by atoms with van der Waals surface area (Å²) < 4.78 is 38.0. The Balaban J connectivity index is 1.87. The van der Waals surface area contributed by atoms with Crippen molar-refractivity contribution in [2.24, 2.45) is 0 Å². The molecule has 7 nitrogen and oxygen atoms in total. The van der Waals surface area contributed by atoms with Gasteiger partial charge >= 0.3 is 6.03 Å². The molecule has 1 unspecified atom stereocenters. The van der Waals surface area contributed by atoms with E-state index in [9.17, 15) is 23.2 Å². The Morgan fingerprint density at radius 3 is 2.41 bits per heavy atom. The Bertz CT molecular complexity index is 1010. The standard InChI is InChI=1S/C20H18F2N2O5/c1-20(13-9-12(21)5-6-14(13)22)18(26)24(19(27)23-20)10-15(25)11-4-7-16(28-2)17(8-11)29-3/h4-9H,10H2,1-3H3,(H,23,27). The van der Waals surface area contributed by atoms with E-state index in [1.54, 1.807) is 0 Å². The Morgan fingerprint density at radius 1 is 1.07 bits per heavy atom. The van der Waals surface area contributed by atoms with Crippen LogP contribution in [0.2, 0.25) is 0 Å². The number of urea groups is 1. The van der Waals surface area contributed by atoms with E-state index < -0.39 is 41.4 Å². The highest BCUT2D eigenvalue weighted by molar-refractivity contribution is 6.11. The second-order valence-electron chi connectivity index (χ2n) is 6.56. The van der Waals surface area contributed by atoms with E-state index in [1.165, 1.54) is 39.3 Å². The van der Waals surface area contributed by atoms with Crippen molar-refractivity contribution in [1.29, 1.82) is 0 Å². The van der Waals surface area contributed by atoms with Crippen molar-refractivity contribution in [2.45, 2.75) is 12.5 Å². The number of methoxy groups -OCH3 is 2. The molecular weight excluding hydrogens is 386 g/mol. The van der Waals surface area contributed by atoms with E-state index in [0.29, 0.717) is 16.4 Å². The third kappa shape index (κ3) is 3.51. The first kappa shape index (κ1) is 20.2. The first-order chi connectivity index (χ1) is 13.7. The van der Waals surface area contributed by atoms with Gasteiger partial charge in [0.05, 0.1) is 20.8 Å². The van der Waals surface area contributed by atoms with E-state index in [2.05, 4.69) is 5.32 Å². The zero-order valence-corrected chi connectivity index (χ0v) is 15.9. The molecule has 0 radical (unpaired) electrons. The van der Waals surface area contributed by atoms with Gasteiger partial charge in [0.25, 0.3) is 5.91 Å². The minimum atomic E-state index is -1.83. The molecule has 0 aromatic heterocycles. The van der Waals surface area contributed by atoms with E-state index in [-0.39, 0.29) is 11.1 Å². The predicted octanol–water partition coefficient (Wildman–Crippen LogP) is 2.63. The number of rotatable bonds is 6. The van der Waals surface area contributed by atoms with Crippen molar-refractivity contribution >= 4 is 17.7 Å². The number of nitrogens with one attached hydrogen (secondary N) is 1. The van der Waals surface area contributed by atoms with Crippen molar-refractivity contribution < 1.29 is 32.6 Å². The van der Waals surface area contributed by atoms with E-state index >= 15 is 0 Å². The van der Waals surface area contributed by atoms with Gasteiger partial charge in [-0.2, -0.15) is 0 Å². The minimum Gasteiger partial charge on any atom is -0.493 e. The second kappa shape index (κ2) is 7.50. The Hall–Kier alpha value is -3.49. The summed E-state index contributed by atoms with van der Waals surface area (Å²) in [7, 11) is 2.85. The van der Waals surface area contributed by atoms with Crippen LogP contribution in [0.5, 0.6) is 11.5 Å². The van der Waals surface area contributed by atoms with Crippen molar-refractivity contribution in [3.8, 4) is 11.5 Å². The highest BCUT2D eigenvalue weighted by atomic mass is 19.1. The molecule has 1 heterocycles. The van der Waals surface area contributed by atoms with Crippen molar-refractivity contribution in [3.63, 3.8) is 0 Å². The summed E-state index contributed by atoms with van der Waals surface area (Å²) in [6.07, 6.45) is 0. The summed E-state index contributed by atoms with van der Waals surface area (Å²) >= 11 is 0. The monoisotopic (exact) mass is 404 g/mol. The molecule has 9 heteroatoms. The maximum atomic E-state index is 14.2. The Kier molecular flexibility index (Phi) is 5.23. The van der Waals surface area contributed by atoms with Gasteiger partial charge in [-0.1, -0.05) is 0 Å². The average Bonchev–Trinajstić information content (AvgIpc) is 2.92. The number of imide groups is 1. The maximum absolute atomic E-state index is 14.2. The summed E-state index contributed by atoms with van der Waals surface area (Å²) in [5, 5.41) is 2.35. The first-order valence-corrected chi connectivity index (χ1v) is 8.56. The number of amides is 3. The molecule has 0 bridgehead atoms. The molecule has 1 atom stereocenters. The molecule has 0 spiro atoms. The largest absolute Gasteiger partial charge is 0.493 e. The normalized spacial score (nSPS) is 18.6. The Labute approximate surface area is 165 Å². The van der Waals surface area contributed by atoms with Gasteiger partial charge in [-0.05, 0) is 43.3 Å². The fourth-order valence-electron chi connectivity index (χ4n) is 3.15. The van der Waals surface area contributed by atoms with Crippen molar-refractivity contribution in [2.75, 3.05) is 20.8 Å². The van der Waals surface area contributed by atoms with Crippen LogP contribution in [0.3, 0.4) is 0 Å². The van der Waals surface area contributed by atoms with E-state index in [4.69, 9.17) is 9.47 Å². The molecule has 1 aliphatic heterocycles. The molecule has 2 aromatic carbocycles. The zero-order chi connectivity index (χ0) is 21.3. The maximum Gasteiger partial charge on any atom is 0.325 e. The fourth-order valence-corrected chi connectivity index (χ4v) is 3.15. The lowest BCUT2D eigenvalue weighted by Crippen LogP contribution is -2.42. The molecule has 1 fully saturated rings. The number of carbonyl (C=O) groups is 3. The number of benzene rings is 2. The van der Waals surface area contributed by atoms with Crippen molar-refractivity contribution in [3.05, 3.63) is 59.2 Å². The molecule has 3 amide bonds. The summed E-state index contributed by atoms with van der Waals surface area (Å²) in [5.41, 5.74) is -1.97. The number of nitrogens with zero attached hydrogens (tertiary/aromatic N) is 1. The molecule has 2 aromatic rings. The lowest BCUT2D eigenvalue weighted by Gasteiger charge is -2.22. The van der Waals surface area contributed by atoms with Crippen LogP contribution in [0, 0.1) is 11.6 Å². The highest BCUT2D eigenvalue weighted by Crippen LogP contribution is 2.32. The minimum absolute atomic E-state index is 0.189. The highest BCUT2D eigenvalue weighted by Gasteiger charge is 2.50. The quantitative estimate of drug-likeness (QED) is 0.591. The van der Waals surface area contributed by atoms with Crippen LogP contribution in [0.25, 0.3) is 0 Å². The smallest absolute Gasteiger partial charge is 0.325 e. The van der Waals surface area contributed by atoms with Crippen molar-refractivity contribution in [1.82, 2.24) is 10.2 Å². The number of Topliss-reactive ketones (excluding diaryl/α,β-unsaturated/α-hetero) is 1. The third-order valence-corrected chi connectivity index (χ3v) is 4.75. The number of ether oxygens (including phenoxy) is 2. The number of hydrogen-bond acceptors (Lipinski definition) is 5. The van der Waals surface area contributed by atoms with Crippen LogP contribution in [0.4, 0.5) is 13.6 Å². The molecule has 0 saturated carbocycles. The van der Waals surface area contributed by atoms with Gasteiger partial charge in [0, 0.05) is 11.1 Å². The molecule has 29 heavy (non-hydrogen) atoms. The van der Waals surface area contributed by atoms with Crippen LogP contribution < -0.4 is 14.8 Å². The van der Waals surface area contributed by atoms with Crippen LogP contribution in [0.15, 0.2) is 36.4 Å². The van der Waals surface area contributed by atoms with Gasteiger partial charge in [-0.15, -0.1) is 0 Å². The molecule has 152 valence electrons. The SMILES string of the molecule is COc1ccc(C(=O)CN2C(=O)NC(C)(c3cc(F)ccc3F)C2=O)cc1OC. The van der Waals surface area contributed by atoms with Crippen LogP contribution in [0.1, 0.15) is 22.8 Å². The van der Waals surface area contributed by atoms with Crippen LogP contribution in [-0.4, -0.2) is 43.4 Å². The molecular formula is C20H18F2N2O5. The number of carbonyl (C=O) groups excluding carboxylic acids is 3. The average molecular weight is 404 g/mol. The lowest BCUT2D eigenvalue weighted by atomic mass is 9.91. The molecule has 0 aliphatic carbocycles. The number of halogens is 2. The lowest BCUT2D eigenvalue weighted by molar-refractivity contribution is -0.130. The van der Waals surface area contributed by atoms with Gasteiger partial charge in [0.1, 0.15) is 17.2 Å². The second-order valence-corrected chi connectivity index (χ2v) is 6.56.